The summed E-state index contributed by atoms with van der Waals surface area (Å²) in [6.07, 6.45) is 0.646. The van der Waals surface area contributed by atoms with Gasteiger partial charge in [0.25, 0.3) is 0 Å². The minimum atomic E-state index is -0.736. The second-order valence-corrected chi connectivity index (χ2v) is 4.14. The van der Waals surface area contributed by atoms with Gasteiger partial charge in [-0.2, -0.15) is 0 Å². The van der Waals surface area contributed by atoms with Crippen molar-refractivity contribution in [2.24, 2.45) is 5.92 Å². The molecule has 0 spiro atoms. The lowest BCUT2D eigenvalue weighted by atomic mass is 10.1. The third-order valence-electron chi connectivity index (χ3n) is 2.77. The molecule has 3 nitrogen and oxygen atoms in total. The van der Waals surface area contributed by atoms with E-state index in [0.717, 1.165) is 11.3 Å². The Bertz CT molecular complexity index is 374. The molecule has 0 bridgehead atoms. The number of carbonyl (C=O) groups is 1. The van der Waals surface area contributed by atoms with E-state index in [1.165, 1.54) is 5.56 Å². The van der Waals surface area contributed by atoms with Crippen LogP contribution in [0.1, 0.15) is 24.5 Å². The zero-order chi connectivity index (χ0) is 12.1. The van der Waals surface area contributed by atoms with Gasteiger partial charge in [-0.05, 0) is 37.5 Å². The fourth-order valence-corrected chi connectivity index (χ4v) is 1.57. The van der Waals surface area contributed by atoms with Crippen molar-refractivity contribution in [3.8, 4) is 0 Å². The fourth-order valence-electron chi connectivity index (χ4n) is 1.57. The second kappa shape index (κ2) is 5.54. The van der Waals surface area contributed by atoms with Gasteiger partial charge in [-0.15, -0.1) is 0 Å². The van der Waals surface area contributed by atoms with E-state index in [-0.39, 0.29) is 5.92 Å². The highest BCUT2D eigenvalue weighted by molar-refractivity contribution is 5.71. The van der Waals surface area contributed by atoms with Crippen LogP contribution in [-0.2, 0) is 4.79 Å². The highest BCUT2D eigenvalue weighted by Crippen LogP contribution is 2.17. The number of hydrogen-bond donors (Lipinski definition) is 2. The number of benzene rings is 1. The van der Waals surface area contributed by atoms with E-state index in [1.807, 2.05) is 32.9 Å². The standard InChI is InChI=1S/C13H19NO2/c1-4-11(13(15)16)8-14-12-7-9(2)5-6-10(12)3/h5-7,11,14H,4,8H2,1-3H3,(H,15,16). The molecule has 0 aliphatic heterocycles. The molecule has 2 N–H and O–H groups in total. The smallest absolute Gasteiger partial charge is 0.308 e. The molecule has 0 amide bonds. The Morgan fingerprint density at radius 3 is 2.69 bits per heavy atom. The molecule has 1 rings (SSSR count). The SMILES string of the molecule is CCC(CNc1cc(C)ccc1C)C(=O)O. The largest absolute Gasteiger partial charge is 0.481 e. The van der Waals surface area contributed by atoms with Crippen LogP contribution in [0.2, 0.25) is 0 Å². The Hall–Kier alpha value is -1.51. The van der Waals surface area contributed by atoms with Gasteiger partial charge in [0.1, 0.15) is 0 Å². The van der Waals surface area contributed by atoms with Gasteiger partial charge in [-0.1, -0.05) is 19.1 Å². The van der Waals surface area contributed by atoms with Crippen molar-refractivity contribution >= 4 is 11.7 Å². The van der Waals surface area contributed by atoms with Crippen LogP contribution in [0.5, 0.6) is 0 Å². The van der Waals surface area contributed by atoms with E-state index in [9.17, 15) is 4.79 Å². The lowest BCUT2D eigenvalue weighted by Gasteiger charge is -2.14. The van der Waals surface area contributed by atoms with Crippen LogP contribution in [0.3, 0.4) is 0 Å². The molecule has 0 saturated carbocycles. The molecule has 1 aromatic rings. The summed E-state index contributed by atoms with van der Waals surface area (Å²) in [6.45, 7) is 6.42. The molecule has 1 atom stereocenters. The first-order valence-electron chi connectivity index (χ1n) is 5.58. The lowest BCUT2D eigenvalue weighted by Crippen LogP contribution is -2.22. The molecule has 1 unspecified atom stereocenters. The van der Waals surface area contributed by atoms with Gasteiger partial charge in [-0.25, -0.2) is 0 Å². The summed E-state index contributed by atoms with van der Waals surface area (Å²) in [4.78, 5) is 10.9. The van der Waals surface area contributed by atoms with E-state index in [0.29, 0.717) is 13.0 Å². The summed E-state index contributed by atoms with van der Waals surface area (Å²) >= 11 is 0. The molecule has 88 valence electrons. The number of carboxylic acid groups (broad SMARTS) is 1. The van der Waals surface area contributed by atoms with Crippen molar-refractivity contribution in [3.63, 3.8) is 0 Å². The first kappa shape index (κ1) is 12.6. The number of nitrogens with one attached hydrogen (secondary N) is 1. The predicted molar refractivity (Wildman–Crippen MR) is 65.8 cm³/mol. The van der Waals surface area contributed by atoms with Crippen LogP contribution in [0.15, 0.2) is 18.2 Å². The minimum absolute atomic E-state index is 0.320. The van der Waals surface area contributed by atoms with Gasteiger partial charge < -0.3 is 10.4 Å². The molecule has 0 radical (unpaired) electrons. The third-order valence-corrected chi connectivity index (χ3v) is 2.77. The lowest BCUT2D eigenvalue weighted by molar-refractivity contribution is -0.141. The Morgan fingerprint density at radius 2 is 2.12 bits per heavy atom. The first-order valence-corrected chi connectivity index (χ1v) is 5.58. The van der Waals surface area contributed by atoms with Crippen LogP contribution < -0.4 is 5.32 Å². The maximum Gasteiger partial charge on any atom is 0.308 e. The predicted octanol–water partition coefficient (Wildman–Crippen LogP) is 2.83. The van der Waals surface area contributed by atoms with Gasteiger partial charge in [0.15, 0.2) is 0 Å². The molecule has 0 fully saturated rings. The summed E-state index contributed by atoms with van der Waals surface area (Å²) in [5, 5.41) is 12.1. The minimum Gasteiger partial charge on any atom is -0.481 e. The number of hydrogen-bond acceptors (Lipinski definition) is 2. The maximum absolute atomic E-state index is 10.9. The molecule has 16 heavy (non-hydrogen) atoms. The zero-order valence-corrected chi connectivity index (χ0v) is 10.1. The van der Waals surface area contributed by atoms with Crippen molar-refractivity contribution in [3.05, 3.63) is 29.3 Å². The summed E-state index contributed by atoms with van der Waals surface area (Å²) < 4.78 is 0. The normalized spacial score (nSPS) is 12.2. The monoisotopic (exact) mass is 221 g/mol. The maximum atomic E-state index is 10.9. The van der Waals surface area contributed by atoms with Gasteiger partial charge in [0.05, 0.1) is 5.92 Å². The van der Waals surface area contributed by atoms with Crippen LogP contribution in [-0.4, -0.2) is 17.6 Å². The summed E-state index contributed by atoms with van der Waals surface area (Å²) in [7, 11) is 0. The Kier molecular flexibility index (Phi) is 4.35. The summed E-state index contributed by atoms with van der Waals surface area (Å²) in [6, 6.07) is 6.14. The average molecular weight is 221 g/mol. The molecular formula is C13H19NO2. The molecule has 1 aromatic carbocycles. The quantitative estimate of drug-likeness (QED) is 0.803. The number of aliphatic carboxylic acids is 1. The third kappa shape index (κ3) is 3.26. The second-order valence-electron chi connectivity index (χ2n) is 4.14. The number of anilines is 1. The van der Waals surface area contributed by atoms with Crippen LogP contribution in [0.25, 0.3) is 0 Å². The Morgan fingerprint density at radius 1 is 1.44 bits per heavy atom. The van der Waals surface area contributed by atoms with Gasteiger partial charge in [0.2, 0.25) is 0 Å². The van der Waals surface area contributed by atoms with Crippen molar-refractivity contribution in [1.82, 2.24) is 0 Å². The Balaban J connectivity index is 2.66. The van der Waals surface area contributed by atoms with Crippen LogP contribution >= 0.6 is 0 Å². The van der Waals surface area contributed by atoms with Crippen molar-refractivity contribution in [1.29, 1.82) is 0 Å². The highest BCUT2D eigenvalue weighted by Gasteiger charge is 2.14. The topological polar surface area (TPSA) is 49.3 Å². The summed E-state index contributed by atoms with van der Waals surface area (Å²) in [5.41, 5.74) is 3.35. The molecule has 0 aliphatic rings. The van der Waals surface area contributed by atoms with E-state index < -0.39 is 5.97 Å². The fraction of sp³-hybridized carbons (Fsp3) is 0.462. The molecule has 0 saturated heterocycles. The first-order chi connectivity index (χ1) is 7.54. The number of aryl methyl sites for hydroxylation is 2. The molecular weight excluding hydrogens is 202 g/mol. The van der Waals surface area contributed by atoms with Gasteiger partial charge in [0, 0.05) is 12.2 Å². The van der Waals surface area contributed by atoms with E-state index >= 15 is 0 Å². The molecule has 0 aromatic heterocycles. The van der Waals surface area contributed by atoms with Crippen molar-refractivity contribution in [2.75, 3.05) is 11.9 Å². The van der Waals surface area contributed by atoms with Gasteiger partial charge in [-0.3, -0.25) is 4.79 Å². The summed E-state index contributed by atoms with van der Waals surface area (Å²) in [5.74, 6) is -1.06. The van der Waals surface area contributed by atoms with Crippen LogP contribution in [0.4, 0.5) is 5.69 Å². The molecule has 3 heteroatoms. The van der Waals surface area contributed by atoms with Crippen molar-refractivity contribution in [2.45, 2.75) is 27.2 Å². The molecule has 0 aliphatic carbocycles. The highest BCUT2D eigenvalue weighted by atomic mass is 16.4. The van der Waals surface area contributed by atoms with Crippen LogP contribution in [0, 0.1) is 19.8 Å². The number of rotatable bonds is 5. The zero-order valence-electron chi connectivity index (χ0n) is 10.1. The molecule has 0 heterocycles. The van der Waals surface area contributed by atoms with Gasteiger partial charge >= 0.3 is 5.97 Å². The average Bonchev–Trinajstić information content (AvgIpc) is 2.23. The van der Waals surface area contributed by atoms with Crippen molar-refractivity contribution < 1.29 is 9.90 Å². The Labute approximate surface area is 96.5 Å². The van der Waals surface area contributed by atoms with E-state index in [1.54, 1.807) is 0 Å². The number of carboxylic acids is 1. The van der Waals surface area contributed by atoms with E-state index in [2.05, 4.69) is 11.4 Å². The van der Waals surface area contributed by atoms with E-state index in [4.69, 9.17) is 5.11 Å².